The Morgan fingerprint density at radius 2 is 1.18 bits per heavy atom. The van der Waals surface area contributed by atoms with Crippen LogP contribution in [0.3, 0.4) is 0 Å². The molecule has 0 spiro atoms. The second-order valence-electron chi connectivity index (χ2n) is 11.3. The number of hydrogen-bond donors (Lipinski definition) is 1. The van der Waals surface area contributed by atoms with E-state index in [0.29, 0.717) is 11.1 Å². The zero-order valence-electron chi connectivity index (χ0n) is 24.4. The number of fused-ring (bicyclic) bond motifs is 3. The molecular weight excluding hydrogens is 550 g/mol. The van der Waals surface area contributed by atoms with E-state index < -0.39 is 6.17 Å². The Hall–Kier alpha value is -5.89. The van der Waals surface area contributed by atoms with Crippen LogP contribution < -0.4 is 5.32 Å². The number of furan rings is 1. The predicted molar refractivity (Wildman–Crippen MR) is 182 cm³/mol. The first kappa shape index (κ1) is 26.7. The maximum Gasteiger partial charge on any atom is 0.137 e. The van der Waals surface area contributed by atoms with Gasteiger partial charge in [-0.05, 0) is 63.3 Å². The van der Waals surface area contributed by atoms with Crippen molar-refractivity contribution in [2.24, 2.45) is 0 Å². The summed E-state index contributed by atoms with van der Waals surface area (Å²) in [5.41, 5.74) is 10.7. The zero-order chi connectivity index (χ0) is 30.2. The van der Waals surface area contributed by atoms with E-state index in [-0.39, 0.29) is 6.04 Å². The first-order valence-electron chi connectivity index (χ1n) is 15.1. The molecule has 0 aliphatic carbocycles. The van der Waals surface area contributed by atoms with Gasteiger partial charge in [0, 0.05) is 16.8 Å². The van der Waals surface area contributed by atoms with Crippen LogP contribution in [0.25, 0.3) is 55.2 Å². The van der Waals surface area contributed by atoms with Crippen LogP contribution in [0.2, 0.25) is 0 Å². The molecule has 0 saturated heterocycles. The minimum absolute atomic E-state index is 0.111. The second kappa shape index (κ2) is 11.3. The third-order valence-electron chi connectivity index (χ3n) is 8.53. The van der Waals surface area contributed by atoms with Crippen molar-refractivity contribution in [1.29, 1.82) is 5.26 Å². The lowest BCUT2D eigenvalue weighted by Gasteiger charge is -2.44. The quantitative estimate of drug-likeness (QED) is 0.221. The van der Waals surface area contributed by atoms with Gasteiger partial charge in [0.25, 0.3) is 0 Å². The summed E-state index contributed by atoms with van der Waals surface area (Å²) in [6.45, 7) is 0. The maximum absolute atomic E-state index is 9.94. The summed E-state index contributed by atoms with van der Waals surface area (Å²) in [6, 6.07) is 52.1. The Balaban J connectivity index is 1.23. The predicted octanol–water partition coefficient (Wildman–Crippen LogP) is 10.5. The SMILES string of the molecule is N#Cc1cc(C2[N-]C(c3ccc(-c4ccccc4)cc3)=CC(c3ccc(-c4ccccc4)cc3)N2)c2c(c1)oc1ccccc12. The lowest BCUT2D eigenvalue weighted by molar-refractivity contribution is 0.543. The lowest BCUT2D eigenvalue weighted by Crippen LogP contribution is -2.28. The fourth-order valence-electron chi connectivity index (χ4n) is 6.26. The first-order valence-corrected chi connectivity index (χ1v) is 15.1. The summed E-state index contributed by atoms with van der Waals surface area (Å²) >= 11 is 0. The summed E-state index contributed by atoms with van der Waals surface area (Å²) in [4.78, 5) is 0. The van der Waals surface area contributed by atoms with Gasteiger partial charge in [-0.15, -0.1) is 5.70 Å². The van der Waals surface area contributed by atoms with E-state index in [1.54, 1.807) is 0 Å². The molecule has 0 saturated carbocycles. The highest BCUT2D eigenvalue weighted by Crippen LogP contribution is 2.43. The molecule has 7 aromatic rings. The van der Waals surface area contributed by atoms with Gasteiger partial charge in [0.15, 0.2) is 0 Å². The van der Waals surface area contributed by atoms with Gasteiger partial charge in [0.2, 0.25) is 0 Å². The first-order chi connectivity index (χ1) is 22.2. The Morgan fingerprint density at radius 3 is 1.84 bits per heavy atom. The zero-order valence-corrected chi connectivity index (χ0v) is 24.4. The van der Waals surface area contributed by atoms with Crippen molar-refractivity contribution >= 4 is 27.6 Å². The van der Waals surface area contributed by atoms with Gasteiger partial charge < -0.3 is 15.1 Å². The van der Waals surface area contributed by atoms with Gasteiger partial charge in [-0.1, -0.05) is 133 Å². The fourth-order valence-corrected chi connectivity index (χ4v) is 6.26. The van der Waals surface area contributed by atoms with Gasteiger partial charge in [-0.2, -0.15) is 5.26 Å². The van der Waals surface area contributed by atoms with Crippen molar-refractivity contribution in [2.75, 3.05) is 0 Å². The lowest BCUT2D eigenvalue weighted by atomic mass is 9.94. The smallest absolute Gasteiger partial charge is 0.137 e. The summed E-state index contributed by atoms with van der Waals surface area (Å²) < 4.78 is 6.22. The van der Waals surface area contributed by atoms with E-state index in [9.17, 15) is 5.26 Å². The van der Waals surface area contributed by atoms with Crippen LogP contribution in [-0.4, -0.2) is 0 Å². The highest BCUT2D eigenvalue weighted by Gasteiger charge is 2.22. The Morgan fingerprint density at radius 1 is 0.600 bits per heavy atom. The molecule has 2 heterocycles. The van der Waals surface area contributed by atoms with E-state index in [0.717, 1.165) is 44.3 Å². The summed E-state index contributed by atoms with van der Waals surface area (Å²) in [6.07, 6.45) is 1.79. The van der Waals surface area contributed by atoms with Crippen LogP contribution in [0.15, 0.2) is 156 Å². The number of nitrogens with one attached hydrogen (secondary N) is 1. The van der Waals surface area contributed by atoms with Crippen LogP contribution in [0, 0.1) is 11.3 Å². The molecule has 4 heteroatoms. The van der Waals surface area contributed by atoms with Gasteiger partial charge in [0.05, 0.1) is 11.6 Å². The van der Waals surface area contributed by atoms with E-state index in [4.69, 9.17) is 9.73 Å². The molecule has 0 amide bonds. The average Bonchev–Trinajstić information content (AvgIpc) is 3.50. The number of hydrogen-bond acceptors (Lipinski definition) is 3. The summed E-state index contributed by atoms with van der Waals surface area (Å²) in [5.74, 6) is 0. The highest BCUT2D eigenvalue weighted by molar-refractivity contribution is 6.07. The third-order valence-corrected chi connectivity index (χ3v) is 8.53. The Bertz CT molecular complexity index is 2210. The van der Waals surface area contributed by atoms with Crippen LogP contribution in [0.1, 0.15) is 34.5 Å². The Kier molecular flexibility index (Phi) is 6.72. The normalized spacial score (nSPS) is 16.2. The number of nitrogens with zero attached hydrogens (tertiary/aromatic N) is 2. The molecule has 0 bridgehead atoms. The maximum atomic E-state index is 9.94. The number of nitriles is 1. The van der Waals surface area contributed by atoms with Crippen molar-refractivity contribution in [3.05, 3.63) is 179 Å². The minimum atomic E-state index is -0.408. The van der Waals surface area contributed by atoms with Gasteiger partial charge >= 0.3 is 0 Å². The van der Waals surface area contributed by atoms with Gasteiger partial charge in [-0.3, -0.25) is 0 Å². The molecule has 45 heavy (non-hydrogen) atoms. The monoisotopic (exact) mass is 578 g/mol. The van der Waals surface area contributed by atoms with Crippen LogP contribution >= 0.6 is 0 Å². The van der Waals surface area contributed by atoms with Crippen molar-refractivity contribution < 1.29 is 4.42 Å². The molecule has 0 fully saturated rings. The van der Waals surface area contributed by atoms with Crippen molar-refractivity contribution in [1.82, 2.24) is 5.32 Å². The molecule has 0 radical (unpaired) electrons. The van der Waals surface area contributed by atoms with Crippen molar-refractivity contribution in [3.8, 4) is 28.3 Å². The fraction of sp³-hybridized carbons (Fsp3) is 0.0488. The molecule has 1 aliphatic rings. The molecule has 1 aliphatic heterocycles. The van der Waals surface area contributed by atoms with Crippen molar-refractivity contribution in [2.45, 2.75) is 12.2 Å². The number of para-hydroxylation sites is 1. The highest BCUT2D eigenvalue weighted by atomic mass is 16.3. The summed E-state index contributed by atoms with van der Waals surface area (Å²) in [7, 11) is 0. The minimum Gasteiger partial charge on any atom is -0.666 e. The van der Waals surface area contributed by atoms with E-state index in [2.05, 4.69) is 121 Å². The standard InChI is InChI=1S/C41H28N3O/c42-26-27-23-35(40-34-13-7-8-14-38(34)45-39(40)24-27)41-43-36(32-19-15-30(16-20-32)28-9-3-1-4-10-28)25-37(44-41)33-21-17-31(18-22-33)29-11-5-2-6-12-29/h1-25,36,41,43H/q-1. The summed E-state index contributed by atoms with van der Waals surface area (Å²) in [5, 5.41) is 21.0. The molecule has 6 aromatic carbocycles. The largest absolute Gasteiger partial charge is 0.666 e. The molecule has 4 nitrogen and oxygen atoms in total. The van der Waals surface area contributed by atoms with Crippen molar-refractivity contribution in [3.63, 3.8) is 0 Å². The third kappa shape index (κ3) is 5.06. The van der Waals surface area contributed by atoms with Crippen LogP contribution in [-0.2, 0) is 0 Å². The average molecular weight is 579 g/mol. The van der Waals surface area contributed by atoms with Crippen LogP contribution in [0.4, 0.5) is 0 Å². The molecular formula is C41H28N3O-. The number of rotatable bonds is 5. The van der Waals surface area contributed by atoms with Gasteiger partial charge in [0.1, 0.15) is 11.2 Å². The van der Waals surface area contributed by atoms with E-state index >= 15 is 0 Å². The number of benzene rings is 6. The Labute approximate surface area is 261 Å². The van der Waals surface area contributed by atoms with Crippen LogP contribution in [0.5, 0.6) is 0 Å². The van der Waals surface area contributed by atoms with E-state index in [1.807, 2.05) is 42.5 Å². The molecule has 214 valence electrons. The molecule has 1 N–H and O–H groups in total. The second-order valence-corrected chi connectivity index (χ2v) is 11.3. The molecule has 1 aromatic heterocycles. The van der Waals surface area contributed by atoms with Gasteiger partial charge in [-0.25, -0.2) is 0 Å². The molecule has 2 atom stereocenters. The molecule has 2 unspecified atom stereocenters. The molecule has 8 rings (SSSR count). The van der Waals surface area contributed by atoms with E-state index in [1.165, 1.54) is 16.7 Å². The topological polar surface area (TPSA) is 63.1 Å².